The number of nitrogens with zero attached hydrogens (tertiary/aromatic N) is 3. The van der Waals surface area contributed by atoms with Gasteiger partial charge in [-0.2, -0.15) is 5.10 Å². The van der Waals surface area contributed by atoms with Gasteiger partial charge >= 0.3 is 0 Å². The fourth-order valence-electron chi connectivity index (χ4n) is 1.07. The highest BCUT2D eigenvalue weighted by Crippen LogP contribution is 2.11. The summed E-state index contributed by atoms with van der Waals surface area (Å²) in [7, 11) is 1.00. The molecule has 0 fully saturated rings. The quantitative estimate of drug-likeness (QED) is 0.846. The molecule has 0 atom stereocenters. The minimum Gasteiger partial charge on any atom is -0.471 e. The molecule has 16 heavy (non-hydrogen) atoms. The van der Waals surface area contributed by atoms with Crippen LogP contribution in [-0.2, 0) is 6.73 Å². The molecular formula is C11H15N3O2. The molecule has 0 radical (unpaired) electrons. The van der Waals surface area contributed by atoms with Crippen LogP contribution in [0.25, 0.3) is 0 Å². The van der Waals surface area contributed by atoms with E-state index in [2.05, 4.69) is 10.1 Å². The number of aromatic nitrogens is 3. The highest BCUT2D eigenvalue weighted by Gasteiger charge is 1.93. The number of ether oxygens (including phenoxy) is 1. The maximum Gasteiger partial charge on any atom is 0.182 e. The fourth-order valence-corrected chi connectivity index (χ4v) is 1.07. The van der Waals surface area contributed by atoms with Crippen LogP contribution in [0.4, 0.5) is 0 Å². The minimum atomic E-state index is 0.392. The van der Waals surface area contributed by atoms with Gasteiger partial charge in [0, 0.05) is 7.11 Å². The molecule has 2 aromatic rings. The molecule has 0 aliphatic carbocycles. The number of aryl methyl sites for hydroxylation is 1. The van der Waals surface area contributed by atoms with Crippen LogP contribution in [0.1, 0.15) is 5.56 Å². The van der Waals surface area contributed by atoms with Gasteiger partial charge < -0.3 is 9.84 Å². The van der Waals surface area contributed by atoms with E-state index in [-0.39, 0.29) is 0 Å². The van der Waals surface area contributed by atoms with E-state index in [0.29, 0.717) is 6.73 Å². The van der Waals surface area contributed by atoms with Crippen molar-refractivity contribution in [2.45, 2.75) is 13.7 Å². The van der Waals surface area contributed by atoms with Gasteiger partial charge in [-0.3, -0.25) is 0 Å². The molecule has 0 bridgehead atoms. The van der Waals surface area contributed by atoms with E-state index in [0.717, 1.165) is 12.9 Å². The maximum absolute atomic E-state index is 7.00. The molecule has 0 amide bonds. The lowest BCUT2D eigenvalue weighted by Gasteiger charge is -2.05. The van der Waals surface area contributed by atoms with Crippen molar-refractivity contribution < 1.29 is 9.84 Å². The average Bonchev–Trinajstić information content (AvgIpc) is 2.84. The van der Waals surface area contributed by atoms with E-state index in [9.17, 15) is 0 Å². The Morgan fingerprint density at radius 2 is 1.94 bits per heavy atom. The second kappa shape index (κ2) is 6.58. The molecule has 5 heteroatoms. The highest BCUT2D eigenvalue weighted by atomic mass is 16.5. The Bertz CT molecular complexity index is 384. The molecule has 86 valence electrons. The molecule has 1 aromatic carbocycles. The number of benzene rings is 1. The lowest BCUT2D eigenvalue weighted by Crippen LogP contribution is -2.05. The summed E-state index contributed by atoms with van der Waals surface area (Å²) < 4.78 is 7.09. The van der Waals surface area contributed by atoms with Gasteiger partial charge in [-0.15, -0.1) is 0 Å². The summed E-state index contributed by atoms with van der Waals surface area (Å²) in [5.74, 6) is 0.839. The van der Waals surface area contributed by atoms with Gasteiger partial charge in [-0.1, -0.05) is 17.7 Å². The Kier molecular flexibility index (Phi) is 5.01. The van der Waals surface area contributed by atoms with Crippen molar-refractivity contribution in [3.63, 3.8) is 0 Å². The van der Waals surface area contributed by atoms with Crippen LogP contribution in [0.5, 0.6) is 5.75 Å². The number of rotatable bonds is 3. The van der Waals surface area contributed by atoms with E-state index in [1.54, 1.807) is 11.0 Å². The van der Waals surface area contributed by atoms with E-state index in [1.807, 2.05) is 31.2 Å². The second-order valence-electron chi connectivity index (χ2n) is 3.02. The van der Waals surface area contributed by atoms with Crippen LogP contribution in [0, 0.1) is 6.92 Å². The summed E-state index contributed by atoms with van der Waals surface area (Å²) in [6.07, 6.45) is 3.10. The molecule has 2 rings (SSSR count). The average molecular weight is 221 g/mol. The Morgan fingerprint density at radius 1 is 1.25 bits per heavy atom. The molecule has 1 aromatic heterocycles. The van der Waals surface area contributed by atoms with Crippen molar-refractivity contribution in [1.29, 1.82) is 0 Å². The van der Waals surface area contributed by atoms with Crippen molar-refractivity contribution in [2.75, 3.05) is 7.11 Å². The third-order valence-corrected chi connectivity index (χ3v) is 1.85. The largest absolute Gasteiger partial charge is 0.471 e. The normalized spacial score (nSPS) is 9.19. The first kappa shape index (κ1) is 12.2. The van der Waals surface area contributed by atoms with Crippen molar-refractivity contribution >= 4 is 0 Å². The first-order chi connectivity index (χ1) is 7.84. The summed E-state index contributed by atoms with van der Waals surface area (Å²) in [5, 5.41) is 10.9. The maximum atomic E-state index is 7.00. The van der Waals surface area contributed by atoms with Gasteiger partial charge in [0.05, 0.1) is 0 Å². The van der Waals surface area contributed by atoms with Gasteiger partial charge in [-0.25, -0.2) is 9.67 Å². The van der Waals surface area contributed by atoms with Gasteiger partial charge in [0.2, 0.25) is 0 Å². The molecule has 0 saturated heterocycles. The summed E-state index contributed by atoms with van der Waals surface area (Å²) in [4.78, 5) is 3.82. The zero-order chi connectivity index (χ0) is 11.8. The SMILES string of the molecule is CO.Cc1ccc(OCn2cncn2)cc1. The number of aliphatic hydroxyl groups excluding tert-OH is 1. The molecule has 1 N–H and O–H groups in total. The predicted octanol–water partition coefficient (Wildman–Crippen LogP) is 1.23. The van der Waals surface area contributed by atoms with E-state index < -0.39 is 0 Å². The van der Waals surface area contributed by atoms with Crippen molar-refractivity contribution in [1.82, 2.24) is 14.8 Å². The molecule has 0 unspecified atom stereocenters. The molecule has 5 nitrogen and oxygen atoms in total. The number of hydrogen-bond acceptors (Lipinski definition) is 4. The van der Waals surface area contributed by atoms with Crippen LogP contribution in [0.15, 0.2) is 36.9 Å². The monoisotopic (exact) mass is 221 g/mol. The number of aliphatic hydroxyl groups is 1. The summed E-state index contributed by atoms with van der Waals surface area (Å²) in [5.41, 5.74) is 1.22. The van der Waals surface area contributed by atoms with Gasteiger partial charge in [0.1, 0.15) is 18.4 Å². The molecule has 1 heterocycles. The molecular weight excluding hydrogens is 206 g/mol. The topological polar surface area (TPSA) is 60.2 Å². The van der Waals surface area contributed by atoms with Gasteiger partial charge in [0.25, 0.3) is 0 Å². The minimum absolute atomic E-state index is 0.392. The number of hydrogen-bond donors (Lipinski definition) is 1. The van der Waals surface area contributed by atoms with E-state index in [4.69, 9.17) is 9.84 Å². The van der Waals surface area contributed by atoms with Gasteiger partial charge in [0.15, 0.2) is 6.73 Å². The Balaban J connectivity index is 0.000000606. The summed E-state index contributed by atoms with van der Waals surface area (Å²) >= 11 is 0. The van der Waals surface area contributed by atoms with Crippen LogP contribution in [0.3, 0.4) is 0 Å². The van der Waals surface area contributed by atoms with E-state index in [1.165, 1.54) is 11.9 Å². The molecule has 0 aliphatic rings. The zero-order valence-corrected chi connectivity index (χ0v) is 9.37. The lowest BCUT2D eigenvalue weighted by atomic mass is 10.2. The second-order valence-corrected chi connectivity index (χ2v) is 3.02. The third kappa shape index (κ3) is 3.70. The first-order valence-electron chi connectivity index (χ1n) is 4.81. The first-order valence-corrected chi connectivity index (χ1v) is 4.81. The van der Waals surface area contributed by atoms with Crippen LogP contribution in [0.2, 0.25) is 0 Å². The predicted molar refractivity (Wildman–Crippen MR) is 60.0 cm³/mol. The molecule has 0 aliphatic heterocycles. The smallest absolute Gasteiger partial charge is 0.182 e. The van der Waals surface area contributed by atoms with Crippen LogP contribution >= 0.6 is 0 Å². The summed E-state index contributed by atoms with van der Waals surface area (Å²) in [6.45, 7) is 2.43. The highest BCUT2D eigenvalue weighted by molar-refractivity contribution is 5.25. The van der Waals surface area contributed by atoms with Gasteiger partial charge in [-0.05, 0) is 19.1 Å². The summed E-state index contributed by atoms with van der Waals surface area (Å²) in [6, 6.07) is 7.89. The molecule has 0 spiro atoms. The van der Waals surface area contributed by atoms with Crippen LogP contribution < -0.4 is 4.74 Å². The zero-order valence-electron chi connectivity index (χ0n) is 9.37. The van der Waals surface area contributed by atoms with E-state index >= 15 is 0 Å². The Labute approximate surface area is 94.3 Å². The fraction of sp³-hybridized carbons (Fsp3) is 0.273. The third-order valence-electron chi connectivity index (χ3n) is 1.85. The lowest BCUT2D eigenvalue weighted by molar-refractivity contribution is 0.220. The van der Waals surface area contributed by atoms with Crippen molar-refractivity contribution in [2.24, 2.45) is 0 Å². The van der Waals surface area contributed by atoms with Crippen LogP contribution in [-0.4, -0.2) is 27.0 Å². The Morgan fingerprint density at radius 3 is 2.50 bits per heavy atom. The Hall–Kier alpha value is -1.88. The molecule has 0 saturated carbocycles. The van der Waals surface area contributed by atoms with Crippen molar-refractivity contribution in [3.05, 3.63) is 42.5 Å². The van der Waals surface area contributed by atoms with Crippen molar-refractivity contribution in [3.8, 4) is 5.75 Å². The standard InChI is InChI=1S/C10H11N3O.CH4O/c1-9-2-4-10(5-3-9)14-8-13-7-11-6-12-13;1-2/h2-7H,8H2,1H3;2H,1H3.